The fourth-order valence-electron chi connectivity index (χ4n) is 5.97. The first kappa shape index (κ1) is 58.7. The van der Waals surface area contributed by atoms with E-state index in [4.69, 9.17) is 13.9 Å². The van der Waals surface area contributed by atoms with Crippen molar-refractivity contribution >= 4 is 35.3 Å². The first-order valence-electron chi connectivity index (χ1n) is 22.6. The molecular formula is C47H59N8O14P3. The average Bonchev–Trinajstić information content (AvgIpc) is 3.37. The normalized spacial score (nSPS) is 13.4. The molecule has 72 heavy (non-hydrogen) atoms. The number of nitrogens with one attached hydrogen (secondary N) is 2. The highest BCUT2D eigenvalue weighted by Crippen LogP contribution is 2.44. The third-order valence-electron chi connectivity index (χ3n) is 8.90. The van der Waals surface area contributed by atoms with Crippen LogP contribution in [0.3, 0.4) is 0 Å². The highest BCUT2D eigenvalue weighted by molar-refractivity contribution is 7.47. The number of hydrogen-bond acceptors (Lipinski definition) is 17. The van der Waals surface area contributed by atoms with Crippen LogP contribution in [0, 0.1) is 0 Å². The Bertz CT molecular complexity index is 2430. The van der Waals surface area contributed by atoms with Gasteiger partial charge in [0, 0.05) is 37.9 Å². The summed E-state index contributed by atoms with van der Waals surface area (Å²) in [6.07, 6.45) is 7.60. The molecule has 0 bridgehead atoms. The molecule has 22 nitrogen and oxygen atoms in total. The molecule has 0 radical (unpaired) electrons. The van der Waals surface area contributed by atoms with E-state index in [-0.39, 0.29) is 77.4 Å². The number of aromatic nitrogens is 6. The van der Waals surface area contributed by atoms with Crippen molar-refractivity contribution in [2.24, 2.45) is 0 Å². The van der Waals surface area contributed by atoms with Gasteiger partial charge in [-0.25, -0.2) is 23.7 Å². The number of carbonyl (C=O) groups is 2. The molecule has 0 aliphatic rings. The van der Waals surface area contributed by atoms with Gasteiger partial charge in [0.2, 0.25) is 11.8 Å². The van der Waals surface area contributed by atoms with E-state index in [1.54, 1.807) is 45.6 Å². The number of amides is 2. The van der Waals surface area contributed by atoms with Crippen molar-refractivity contribution in [1.82, 2.24) is 40.5 Å². The summed E-state index contributed by atoms with van der Waals surface area (Å²) in [5.74, 6) is -0.532. The van der Waals surface area contributed by atoms with Crippen molar-refractivity contribution in [3.63, 3.8) is 0 Å². The van der Waals surface area contributed by atoms with Crippen LogP contribution in [0.15, 0.2) is 122 Å². The van der Waals surface area contributed by atoms with Crippen LogP contribution in [0.2, 0.25) is 0 Å². The van der Waals surface area contributed by atoms with Crippen molar-refractivity contribution in [3.8, 4) is 45.6 Å². The van der Waals surface area contributed by atoms with E-state index in [9.17, 15) is 33.1 Å². The molecular weight excluding hydrogens is 993 g/mol. The second-order valence-electron chi connectivity index (χ2n) is 14.6. The summed E-state index contributed by atoms with van der Waals surface area (Å²) in [4.78, 5) is 78.9. The maximum absolute atomic E-state index is 12.4. The van der Waals surface area contributed by atoms with Crippen molar-refractivity contribution in [3.05, 3.63) is 133 Å². The summed E-state index contributed by atoms with van der Waals surface area (Å²) in [6, 6.07) is 29.4. The van der Waals surface area contributed by atoms with Gasteiger partial charge >= 0.3 is 23.5 Å². The highest BCUT2D eigenvalue weighted by Gasteiger charge is 2.21. The van der Waals surface area contributed by atoms with Crippen LogP contribution in [-0.4, -0.2) is 109 Å². The molecule has 6 heterocycles. The molecule has 6 rings (SSSR count). The van der Waals surface area contributed by atoms with E-state index < -0.39 is 23.5 Å². The van der Waals surface area contributed by atoms with Gasteiger partial charge < -0.3 is 25.3 Å². The Morgan fingerprint density at radius 3 is 0.986 bits per heavy atom. The lowest BCUT2D eigenvalue weighted by Gasteiger charge is -2.12. The van der Waals surface area contributed by atoms with E-state index in [0.29, 0.717) is 52.0 Å². The van der Waals surface area contributed by atoms with E-state index in [1.165, 1.54) is 0 Å². The van der Waals surface area contributed by atoms with Crippen molar-refractivity contribution in [2.45, 2.75) is 47.0 Å². The Labute approximate surface area is 417 Å². The third-order valence-corrected chi connectivity index (χ3v) is 12.2. The predicted molar refractivity (Wildman–Crippen MR) is 267 cm³/mol. The molecule has 0 spiro atoms. The standard InChI is InChI=1S/2C21H23N4O5P.C5H13O4P/c2*1-2-29-31(27,28)30-12-11-24-21(26)15-16-13-19(17-7-3-5-9-22-17)25-20(14-16)18-8-4-6-10-23-18;1-3-5-9-10(6,7)8-4-2/h2*3-10,13-14H,2,11-12,15H2,1H3,(H,24,26)(H,27,28);3-5H2,1-2H3,(H,6,7). The molecule has 3 atom stereocenters. The maximum Gasteiger partial charge on any atom is 0.472 e. The largest absolute Gasteiger partial charge is 0.472 e. The predicted octanol–water partition coefficient (Wildman–Crippen LogP) is 7.59. The van der Waals surface area contributed by atoms with E-state index in [1.807, 2.05) is 104 Å². The van der Waals surface area contributed by atoms with Crippen molar-refractivity contribution in [1.29, 1.82) is 0 Å². The summed E-state index contributed by atoms with van der Waals surface area (Å²) in [7, 11) is -11.9. The molecule has 0 aromatic carbocycles. The van der Waals surface area contributed by atoms with Gasteiger partial charge in [0.25, 0.3) is 0 Å². The van der Waals surface area contributed by atoms with Gasteiger partial charge in [-0.1, -0.05) is 31.2 Å². The average molecular weight is 1050 g/mol. The lowest BCUT2D eigenvalue weighted by Crippen LogP contribution is -2.28. The third kappa shape index (κ3) is 22.3. The van der Waals surface area contributed by atoms with Crippen LogP contribution in [0.5, 0.6) is 0 Å². The Balaban J connectivity index is 0.000000263. The van der Waals surface area contributed by atoms with Crippen LogP contribution < -0.4 is 10.6 Å². The summed E-state index contributed by atoms with van der Waals surface area (Å²) in [5, 5.41) is 5.32. The quantitative estimate of drug-likeness (QED) is 0.0272. The lowest BCUT2D eigenvalue weighted by atomic mass is 10.1. The Morgan fingerprint density at radius 2 is 0.736 bits per heavy atom. The molecule has 25 heteroatoms. The number of rotatable bonds is 25. The lowest BCUT2D eigenvalue weighted by molar-refractivity contribution is -0.121. The van der Waals surface area contributed by atoms with Gasteiger partial charge in [0.1, 0.15) is 0 Å². The van der Waals surface area contributed by atoms with E-state index in [2.05, 4.69) is 58.6 Å². The second kappa shape index (κ2) is 30.9. The first-order chi connectivity index (χ1) is 34.6. The number of phosphoric ester groups is 3. The molecule has 0 aliphatic carbocycles. The van der Waals surface area contributed by atoms with Gasteiger partial charge in [0.15, 0.2) is 0 Å². The van der Waals surface area contributed by atoms with Crippen LogP contribution in [0.4, 0.5) is 0 Å². The van der Waals surface area contributed by atoms with Gasteiger partial charge in [-0.05, 0) is 111 Å². The Kier molecular flexibility index (Phi) is 25.2. The SMILES string of the molecule is CCCOP(=O)(O)OCC.CCOP(=O)(O)OCCNC(=O)Cc1cc(-c2ccccn2)nc(-c2ccccn2)c1.CCOP(=O)(O)OCCNC(=O)Cc1cc(-c2ccccn2)nc(-c2ccccn2)c1. The van der Waals surface area contributed by atoms with E-state index >= 15 is 0 Å². The smallest absolute Gasteiger partial charge is 0.353 e. The summed E-state index contributed by atoms with van der Waals surface area (Å²) in [5.41, 5.74) is 6.74. The molecule has 6 aromatic rings. The number of carbonyl (C=O) groups excluding carboxylic acids is 2. The van der Waals surface area contributed by atoms with Crippen molar-refractivity contribution < 1.29 is 65.1 Å². The van der Waals surface area contributed by atoms with Crippen LogP contribution in [-0.2, 0) is 63.3 Å². The zero-order valence-corrected chi connectivity index (χ0v) is 42.9. The number of pyridine rings is 6. The molecule has 2 amide bonds. The molecule has 0 saturated heterocycles. The number of hydrogen-bond donors (Lipinski definition) is 5. The number of phosphoric acid groups is 3. The molecule has 5 N–H and O–H groups in total. The Morgan fingerprint density at radius 1 is 0.444 bits per heavy atom. The van der Waals surface area contributed by atoms with E-state index in [0.717, 1.165) is 11.1 Å². The van der Waals surface area contributed by atoms with Crippen LogP contribution in [0.25, 0.3) is 45.6 Å². The second-order valence-corrected chi connectivity index (χ2v) is 18.9. The first-order valence-corrected chi connectivity index (χ1v) is 27.1. The zero-order valence-electron chi connectivity index (χ0n) is 40.2. The molecule has 0 saturated carbocycles. The minimum absolute atomic E-state index is 0.0549. The maximum atomic E-state index is 12.4. The zero-order chi connectivity index (χ0) is 52.2. The van der Waals surface area contributed by atoms with Crippen LogP contribution >= 0.6 is 23.5 Å². The fourth-order valence-corrected chi connectivity index (χ4v) is 8.23. The summed E-state index contributed by atoms with van der Waals surface area (Å²) in [6.45, 7) is 7.07. The highest BCUT2D eigenvalue weighted by atomic mass is 31.2. The topological polar surface area (TPSA) is 303 Å². The van der Waals surface area contributed by atoms with Gasteiger partial charge in [-0.2, -0.15) is 0 Å². The monoisotopic (exact) mass is 1050 g/mol. The number of nitrogens with zero attached hydrogens (tertiary/aromatic N) is 6. The van der Waals surface area contributed by atoms with Crippen LogP contribution in [0.1, 0.15) is 45.2 Å². The summed E-state index contributed by atoms with van der Waals surface area (Å²) >= 11 is 0. The van der Waals surface area contributed by atoms with Gasteiger partial charge in [0.05, 0.1) is 98.0 Å². The molecule has 3 unspecified atom stereocenters. The minimum atomic E-state index is -4.07. The molecule has 386 valence electrons. The molecule has 0 aliphatic heterocycles. The molecule has 0 fully saturated rings. The minimum Gasteiger partial charge on any atom is -0.353 e. The van der Waals surface area contributed by atoms with Crippen molar-refractivity contribution in [2.75, 3.05) is 52.7 Å². The molecule has 6 aromatic heterocycles. The van der Waals surface area contributed by atoms with Gasteiger partial charge in [-0.15, -0.1) is 0 Å². The Hall–Kier alpha value is -5.83. The summed E-state index contributed by atoms with van der Waals surface area (Å²) < 4.78 is 61.3. The fraction of sp³-hybridized carbons (Fsp3) is 0.319. The van der Waals surface area contributed by atoms with Gasteiger partial charge in [-0.3, -0.25) is 56.7 Å².